The molecule has 2 amide bonds. The predicted molar refractivity (Wildman–Crippen MR) is 94.9 cm³/mol. The maximum absolute atomic E-state index is 13.4. The van der Waals surface area contributed by atoms with Crippen molar-refractivity contribution in [3.8, 4) is 0 Å². The normalized spacial score (nSPS) is 23.5. The van der Waals surface area contributed by atoms with E-state index in [0.29, 0.717) is 44.6 Å². The van der Waals surface area contributed by atoms with Crippen molar-refractivity contribution < 1.29 is 23.8 Å². The quantitative estimate of drug-likeness (QED) is 0.709. The number of para-hydroxylation sites is 1. The fourth-order valence-corrected chi connectivity index (χ4v) is 4.33. The van der Waals surface area contributed by atoms with Gasteiger partial charge in [-0.25, -0.2) is 9.69 Å². The lowest BCUT2D eigenvalue weighted by molar-refractivity contribution is -0.185. The number of hydrogen-bond donors (Lipinski definition) is 0. The van der Waals surface area contributed by atoms with Gasteiger partial charge in [-0.15, -0.1) is 0 Å². The van der Waals surface area contributed by atoms with Gasteiger partial charge < -0.3 is 14.2 Å². The summed E-state index contributed by atoms with van der Waals surface area (Å²) in [5, 5.41) is 0. The third kappa shape index (κ3) is 2.63. The maximum atomic E-state index is 13.4. The number of amides is 2. The molecule has 4 rings (SSSR count). The summed E-state index contributed by atoms with van der Waals surface area (Å²) in [6, 6.07) is 7.53. The van der Waals surface area contributed by atoms with E-state index >= 15 is 0 Å². The molecule has 2 fully saturated rings. The van der Waals surface area contributed by atoms with Gasteiger partial charge in [0, 0.05) is 12.8 Å². The van der Waals surface area contributed by atoms with Crippen LogP contribution in [0.4, 0.5) is 10.5 Å². The van der Waals surface area contributed by atoms with Crippen molar-refractivity contribution in [1.29, 1.82) is 0 Å². The molecular weight excluding hydrogens is 334 g/mol. The van der Waals surface area contributed by atoms with Gasteiger partial charge in [0.1, 0.15) is 5.60 Å². The SMILES string of the molecule is CC(C)(C)OC(=O)N1C(=O)C2(CCC3(CC2)OCCO3)c2ccccc21. The van der Waals surface area contributed by atoms with E-state index < -0.39 is 22.9 Å². The minimum absolute atomic E-state index is 0.194. The minimum atomic E-state index is -0.700. The molecule has 1 saturated carbocycles. The van der Waals surface area contributed by atoms with Crippen LogP contribution in [0.5, 0.6) is 0 Å². The lowest BCUT2D eigenvalue weighted by Gasteiger charge is -2.40. The molecule has 2 aliphatic heterocycles. The first-order valence-electron chi connectivity index (χ1n) is 9.21. The summed E-state index contributed by atoms with van der Waals surface area (Å²) < 4.78 is 17.1. The van der Waals surface area contributed by atoms with Gasteiger partial charge in [-0.05, 0) is 45.2 Å². The van der Waals surface area contributed by atoms with Crippen molar-refractivity contribution in [2.45, 2.75) is 63.3 Å². The molecule has 2 spiro atoms. The molecule has 0 atom stereocenters. The van der Waals surface area contributed by atoms with Gasteiger partial charge in [0.15, 0.2) is 5.79 Å². The highest BCUT2D eigenvalue weighted by Gasteiger charge is 2.58. The Labute approximate surface area is 153 Å². The molecule has 1 aliphatic carbocycles. The maximum Gasteiger partial charge on any atom is 0.421 e. The van der Waals surface area contributed by atoms with Crippen molar-refractivity contribution in [2.75, 3.05) is 18.1 Å². The molecule has 0 aromatic heterocycles. The third-order valence-electron chi connectivity index (χ3n) is 5.53. The third-order valence-corrected chi connectivity index (χ3v) is 5.53. The topological polar surface area (TPSA) is 65.1 Å². The van der Waals surface area contributed by atoms with Crippen molar-refractivity contribution >= 4 is 17.7 Å². The fourth-order valence-electron chi connectivity index (χ4n) is 4.33. The lowest BCUT2D eigenvalue weighted by atomic mass is 9.68. The summed E-state index contributed by atoms with van der Waals surface area (Å²) in [5.74, 6) is -0.749. The number of rotatable bonds is 0. The average molecular weight is 359 g/mol. The standard InChI is InChI=1S/C20H25NO5/c1-18(2,3)26-17(23)21-15-7-5-4-6-14(15)19(16(21)22)8-10-20(11-9-19)24-12-13-25-20/h4-7H,8-13H2,1-3H3. The van der Waals surface area contributed by atoms with E-state index in [-0.39, 0.29) is 5.91 Å². The average Bonchev–Trinajstić information content (AvgIpc) is 3.12. The molecule has 1 aromatic carbocycles. The number of fused-ring (bicyclic) bond motifs is 2. The Morgan fingerprint density at radius 2 is 1.69 bits per heavy atom. The lowest BCUT2D eigenvalue weighted by Crippen LogP contribution is -2.49. The summed E-state index contributed by atoms with van der Waals surface area (Å²) >= 11 is 0. The van der Waals surface area contributed by atoms with Crippen molar-refractivity contribution in [1.82, 2.24) is 0 Å². The van der Waals surface area contributed by atoms with Crippen molar-refractivity contribution in [3.63, 3.8) is 0 Å². The van der Waals surface area contributed by atoms with E-state index in [1.807, 2.05) is 24.3 Å². The first kappa shape index (κ1) is 17.5. The molecule has 140 valence electrons. The van der Waals surface area contributed by atoms with Crippen LogP contribution < -0.4 is 4.90 Å². The van der Waals surface area contributed by atoms with E-state index in [9.17, 15) is 9.59 Å². The summed E-state index contributed by atoms with van der Waals surface area (Å²) in [6.45, 7) is 6.59. The van der Waals surface area contributed by atoms with E-state index in [4.69, 9.17) is 14.2 Å². The second-order valence-electron chi connectivity index (χ2n) is 8.33. The molecule has 3 aliphatic rings. The number of carbonyl (C=O) groups excluding carboxylic acids is 2. The van der Waals surface area contributed by atoms with Crippen molar-refractivity contribution in [3.05, 3.63) is 29.8 Å². The molecule has 1 saturated heterocycles. The Bertz CT molecular complexity index is 735. The highest BCUT2D eigenvalue weighted by Crippen LogP contribution is 2.53. The largest absolute Gasteiger partial charge is 0.443 e. The number of ether oxygens (including phenoxy) is 3. The Kier molecular flexibility index (Phi) is 3.90. The van der Waals surface area contributed by atoms with Gasteiger partial charge >= 0.3 is 6.09 Å². The van der Waals surface area contributed by atoms with Crippen LogP contribution in [0.25, 0.3) is 0 Å². The summed E-state index contributed by atoms with van der Waals surface area (Å²) in [4.78, 5) is 27.4. The molecule has 2 heterocycles. The van der Waals surface area contributed by atoms with Crippen LogP contribution in [0.1, 0.15) is 52.0 Å². The number of carbonyl (C=O) groups is 2. The van der Waals surface area contributed by atoms with Crippen LogP contribution in [0, 0.1) is 0 Å². The summed E-state index contributed by atoms with van der Waals surface area (Å²) in [6.07, 6.45) is 1.88. The second-order valence-corrected chi connectivity index (χ2v) is 8.33. The molecule has 0 unspecified atom stereocenters. The second kappa shape index (κ2) is 5.79. The Hall–Kier alpha value is -1.92. The Balaban J connectivity index is 1.67. The molecule has 6 heteroatoms. The zero-order chi connectivity index (χ0) is 18.6. The van der Waals surface area contributed by atoms with Gasteiger partial charge in [-0.2, -0.15) is 0 Å². The van der Waals surface area contributed by atoms with E-state index in [1.54, 1.807) is 20.8 Å². The van der Waals surface area contributed by atoms with Gasteiger partial charge in [-0.3, -0.25) is 4.79 Å². The van der Waals surface area contributed by atoms with E-state index in [2.05, 4.69) is 0 Å². The number of imide groups is 1. The number of hydrogen-bond acceptors (Lipinski definition) is 5. The van der Waals surface area contributed by atoms with Gasteiger partial charge in [0.05, 0.1) is 24.3 Å². The molecule has 0 N–H and O–H groups in total. The first-order chi connectivity index (χ1) is 12.3. The fraction of sp³-hybridized carbons (Fsp3) is 0.600. The smallest absolute Gasteiger partial charge is 0.421 e. The number of benzene rings is 1. The zero-order valence-corrected chi connectivity index (χ0v) is 15.5. The van der Waals surface area contributed by atoms with Gasteiger partial charge in [0.2, 0.25) is 5.91 Å². The first-order valence-corrected chi connectivity index (χ1v) is 9.21. The highest BCUT2D eigenvalue weighted by molar-refractivity contribution is 6.21. The highest BCUT2D eigenvalue weighted by atomic mass is 16.7. The minimum Gasteiger partial charge on any atom is -0.443 e. The monoisotopic (exact) mass is 359 g/mol. The molecular formula is C20H25NO5. The molecule has 6 nitrogen and oxygen atoms in total. The van der Waals surface area contributed by atoms with E-state index in [1.165, 1.54) is 4.90 Å². The zero-order valence-electron chi connectivity index (χ0n) is 15.5. The van der Waals surface area contributed by atoms with Crippen LogP contribution in [0.2, 0.25) is 0 Å². The molecule has 26 heavy (non-hydrogen) atoms. The molecule has 0 bridgehead atoms. The van der Waals surface area contributed by atoms with Crippen LogP contribution in [-0.2, 0) is 24.4 Å². The summed E-state index contributed by atoms with van der Waals surface area (Å²) in [5.41, 5.74) is 0.179. The predicted octanol–water partition coefficient (Wildman–Crippen LogP) is 3.52. The Morgan fingerprint density at radius 3 is 2.31 bits per heavy atom. The Morgan fingerprint density at radius 1 is 1.08 bits per heavy atom. The van der Waals surface area contributed by atoms with Gasteiger partial charge in [-0.1, -0.05) is 18.2 Å². The number of nitrogens with zero attached hydrogens (tertiary/aromatic N) is 1. The molecule has 0 radical (unpaired) electrons. The summed E-state index contributed by atoms with van der Waals surface area (Å²) in [7, 11) is 0. The van der Waals surface area contributed by atoms with E-state index in [0.717, 1.165) is 5.56 Å². The van der Waals surface area contributed by atoms with Crippen LogP contribution in [-0.4, -0.2) is 36.6 Å². The van der Waals surface area contributed by atoms with Gasteiger partial charge in [0.25, 0.3) is 0 Å². The van der Waals surface area contributed by atoms with Crippen LogP contribution >= 0.6 is 0 Å². The molecule has 1 aromatic rings. The van der Waals surface area contributed by atoms with Crippen molar-refractivity contribution in [2.24, 2.45) is 0 Å². The number of anilines is 1. The van der Waals surface area contributed by atoms with Crippen LogP contribution in [0.15, 0.2) is 24.3 Å². The van der Waals surface area contributed by atoms with Crippen LogP contribution in [0.3, 0.4) is 0 Å².